The Bertz CT molecular complexity index is 698. The summed E-state index contributed by atoms with van der Waals surface area (Å²) in [5, 5.41) is 0. The predicted octanol–water partition coefficient (Wildman–Crippen LogP) is 5.05. The van der Waals surface area contributed by atoms with E-state index in [0.29, 0.717) is 13.0 Å². The lowest BCUT2D eigenvalue weighted by Crippen LogP contribution is -2.45. The van der Waals surface area contributed by atoms with Crippen molar-refractivity contribution >= 4 is 5.78 Å². The van der Waals surface area contributed by atoms with Crippen molar-refractivity contribution in [3.05, 3.63) is 71.8 Å². The molecule has 3 rings (SSSR count). The first-order chi connectivity index (χ1) is 12.6. The van der Waals surface area contributed by atoms with Gasteiger partial charge in [0.25, 0.3) is 0 Å². The average molecular weight is 352 g/mol. The maximum absolute atomic E-state index is 12.5. The Hall–Kier alpha value is -1.97. The molecule has 3 atom stereocenters. The minimum Gasteiger partial charge on any atom is -0.350 e. The fourth-order valence-corrected chi connectivity index (χ4v) is 3.52. The second-order valence-corrected chi connectivity index (χ2v) is 7.38. The van der Waals surface area contributed by atoms with Crippen molar-refractivity contribution in [2.75, 3.05) is 6.61 Å². The fourth-order valence-electron chi connectivity index (χ4n) is 3.52. The Morgan fingerprint density at radius 1 is 1.12 bits per heavy atom. The van der Waals surface area contributed by atoms with Gasteiger partial charge in [0.2, 0.25) is 0 Å². The van der Waals surface area contributed by atoms with Crippen LogP contribution in [0.2, 0.25) is 0 Å². The molecule has 0 spiro atoms. The van der Waals surface area contributed by atoms with Gasteiger partial charge >= 0.3 is 0 Å². The molecule has 1 aliphatic rings. The van der Waals surface area contributed by atoms with Gasteiger partial charge in [-0.25, -0.2) is 0 Å². The number of hydrogen-bond acceptors (Lipinski definition) is 3. The summed E-state index contributed by atoms with van der Waals surface area (Å²) in [6.07, 6.45) is 3.12. The second kappa shape index (κ2) is 8.61. The van der Waals surface area contributed by atoms with Gasteiger partial charge in [-0.15, -0.1) is 0 Å². The molecule has 2 aromatic carbocycles. The van der Waals surface area contributed by atoms with Crippen molar-refractivity contribution in [1.82, 2.24) is 0 Å². The van der Waals surface area contributed by atoms with Gasteiger partial charge in [-0.3, -0.25) is 4.79 Å². The van der Waals surface area contributed by atoms with Crippen molar-refractivity contribution in [2.24, 2.45) is 5.92 Å². The maximum Gasteiger partial charge on any atom is 0.166 e. The van der Waals surface area contributed by atoms with E-state index in [2.05, 4.69) is 31.2 Å². The van der Waals surface area contributed by atoms with E-state index in [1.54, 1.807) is 0 Å². The molecular weight excluding hydrogens is 324 g/mol. The van der Waals surface area contributed by atoms with Gasteiger partial charge in [-0.1, -0.05) is 67.6 Å². The third-order valence-electron chi connectivity index (χ3n) is 5.16. The SMILES string of the molecule is CC(CC(=O)c1ccccc1)C1CCOC(C)(CCc2ccccc2)O1. The third kappa shape index (κ3) is 5.03. The molecule has 2 aromatic rings. The van der Waals surface area contributed by atoms with Crippen LogP contribution in [0.3, 0.4) is 0 Å². The number of ether oxygens (including phenoxy) is 2. The molecular formula is C23H28O3. The quantitative estimate of drug-likeness (QED) is 0.654. The standard InChI is InChI=1S/C23H28O3/c1-18(17-21(24)20-11-7-4-8-12-20)22-14-16-25-23(2,26-22)15-13-19-9-5-3-6-10-19/h3-12,18,22H,13-17H2,1-2H3. The number of carbonyl (C=O) groups is 1. The summed E-state index contributed by atoms with van der Waals surface area (Å²) in [6, 6.07) is 19.9. The fraction of sp³-hybridized carbons (Fsp3) is 0.435. The van der Waals surface area contributed by atoms with E-state index < -0.39 is 5.79 Å². The van der Waals surface area contributed by atoms with Crippen LogP contribution < -0.4 is 0 Å². The highest BCUT2D eigenvalue weighted by molar-refractivity contribution is 5.96. The van der Waals surface area contributed by atoms with Gasteiger partial charge in [0.1, 0.15) is 0 Å². The van der Waals surface area contributed by atoms with E-state index in [-0.39, 0.29) is 17.8 Å². The summed E-state index contributed by atoms with van der Waals surface area (Å²) in [7, 11) is 0. The van der Waals surface area contributed by atoms with Crippen LogP contribution in [0.15, 0.2) is 60.7 Å². The molecule has 3 unspecified atom stereocenters. The summed E-state index contributed by atoms with van der Waals surface area (Å²) in [4.78, 5) is 12.5. The summed E-state index contributed by atoms with van der Waals surface area (Å²) < 4.78 is 12.3. The Morgan fingerprint density at radius 2 is 1.77 bits per heavy atom. The summed E-state index contributed by atoms with van der Waals surface area (Å²) in [6.45, 7) is 4.81. The summed E-state index contributed by atoms with van der Waals surface area (Å²) >= 11 is 0. The molecule has 26 heavy (non-hydrogen) atoms. The minimum atomic E-state index is -0.581. The molecule has 0 aliphatic carbocycles. The highest BCUT2D eigenvalue weighted by Gasteiger charge is 2.36. The van der Waals surface area contributed by atoms with Crippen LogP contribution in [-0.4, -0.2) is 24.3 Å². The van der Waals surface area contributed by atoms with Gasteiger partial charge in [-0.2, -0.15) is 0 Å². The van der Waals surface area contributed by atoms with Crippen LogP contribution in [0, 0.1) is 5.92 Å². The van der Waals surface area contributed by atoms with Crippen LogP contribution in [0.1, 0.15) is 49.0 Å². The molecule has 0 saturated carbocycles. The van der Waals surface area contributed by atoms with Crippen LogP contribution in [0.4, 0.5) is 0 Å². The topological polar surface area (TPSA) is 35.5 Å². The highest BCUT2D eigenvalue weighted by Crippen LogP contribution is 2.32. The van der Waals surface area contributed by atoms with Gasteiger partial charge in [0, 0.05) is 18.4 Å². The first-order valence-electron chi connectivity index (χ1n) is 9.50. The van der Waals surface area contributed by atoms with Gasteiger partial charge in [-0.05, 0) is 31.2 Å². The lowest BCUT2D eigenvalue weighted by molar-refractivity contribution is -0.293. The molecule has 138 valence electrons. The number of carbonyl (C=O) groups excluding carboxylic acids is 1. The lowest BCUT2D eigenvalue weighted by Gasteiger charge is -2.41. The smallest absolute Gasteiger partial charge is 0.166 e. The predicted molar refractivity (Wildman–Crippen MR) is 103 cm³/mol. The molecule has 0 amide bonds. The van der Waals surface area contributed by atoms with E-state index in [1.165, 1.54) is 5.56 Å². The van der Waals surface area contributed by atoms with E-state index in [1.807, 2.05) is 43.3 Å². The normalized spacial score (nSPS) is 24.2. The van der Waals surface area contributed by atoms with Crippen LogP contribution in [0.5, 0.6) is 0 Å². The monoisotopic (exact) mass is 352 g/mol. The number of rotatable bonds is 7. The summed E-state index contributed by atoms with van der Waals surface area (Å²) in [5.74, 6) is -0.232. The molecule has 1 heterocycles. The van der Waals surface area contributed by atoms with Crippen molar-refractivity contribution < 1.29 is 14.3 Å². The molecule has 3 heteroatoms. The Labute approximate surface area is 156 Å². The molecule has 0 bridgehead atoms. The molecule has 0 aromatic heterocycles. The van der Waals surface area contributed by atoms with E-state index in [0.717, 1.165) is 24.8 Å². The second-order valence-electron chi connectivity index (χ2n) is 7.38. The molecule has 0 radical (unpaired) electrons. The first-order valence-corrected chi connectivity index (χ1v) is 9.50. The van der Waals surface area contributed by atoms with Crippen molar-refractivity contribution in [3.8, 4) is 0 Å². The van der Waals surface area contributed by atoms with Gasteiger partial charge in [0.15, 0.2) is 11.6 Å². The van der Waals surface area contributed by atoms with E-state index in [9.17, 15) is 4.79 Å². The lowest BCUT2D eigenvalue weighted by atomic mass is 9.92. The molecule has 0 N–H and O–H groups in total. The van der Waals surface area contributed by atoms with Crippen molar-refractivity contribution in [3.63, 3.8) is 0 Å². The number of benzene rings is 2. The highest BCUT2D eigenvalue weighted by atomic mass is 16.7. The van der Waals surface area contributed by atoms with Gasteiger partial charge in [0.05, 0.1) is 12.7 Å². The first kappa shape index (κ1) is 18.8. The number of aryl methyl sites for hydroxylation is 1. The number of Topliss-reactive ketones (excluding diaryl/α,β-unsaturated/α-hetero) is 1. The van der Waals surface area contributed by atoms with Crippen LogP contribution in [-0.2, 0) is 15.9 Å². The molecule has 3 nitrogen and oxygen atoms in total. The maximum atomic E-state index is 12.5. The minimum absolute atomic E-state index is 0.0529. The third-order valence-corrected chi connectivity index (χ3v) is 5.16. The molecule has 1 aliphatic heterocycles. The Balaban J connectivity index is 1.55. The molecule has 1 fully saturated rings. The van der Waals surface area contributed by atoms with E-state index >= 15 is 0 Å². The number of ketones is 1. The van der Waals surface area contributed by atoms with Crippen LogP contribution >= 0.6 is 0 Å². The largest absolute Gasteiger partial charge is 0.350 e. The zero-order valence-electron chi connectivity index (χ0n) is 15.7. The zero-order valence-corrected chi connectivity index (χ0v) is 15.7. The Morgan fingerprint density at radius 3 is 2.46 bits per heavy atom. The zero-order chi connectivity index (χ0) is 18.4. The van der Waals surface area contributed by atoms with E-state index in [4.69, 9.17) is 9.47 Å². The average Bonchev–Trinajstić information content (AvgIpc) is 2.68. The summed E-state index contributed by atoms with van der Waals surface area (Å²) in [5.41, 5.74) is 2.06. The number of hydrogen-bond donors (Lipinski definition) is 0. The molecule has 1 saturated heterocycles. The van der Waals surface area contributed by atoms with Gasteiger partial charge < -0.3 is 9.47 Å². The van der Waals surface area contributed by atoms with Crippen LogP contribution in [0.25, 0.3) is 0 Å². The van der Waals surface area contributed by atoms with Crippen molar-refractivity contribution in [2.45, 2.75) is 51.4 Å². The Kier molecular flexibility index (Phi) is 6.23. The van der Waals surface area contributed by atoms with Crippen molar-refractivity contribution in [1.29, 1.82) is 0 Å².